The van der Waals surface area contributed by atoms with E-state index in [1.165, 1.54) is 34.2 Å². The second kappa shape index (κ2) is 14.4. The summed E-state index contributed by atoms with van der Waals surface area (Å²) in [5.41, 5.74) is 4.40. The summed E-state index contributed by atoms with van der Waals surface area (Å²) in [5, 5.41) is 12.1. The van der Waals surface area contributed by atoms with E-state index < -0.39 is 6.67 Å². The Hall–Kier alpha value is -4.27. The topological polar surface area (TPSA) is 98.1 Å². The molecule has 2 saturated heterocycles. The number of nitrogens with zero attached hydrogens (tertiary/aromatic N) is 7. The van der Waals surface area contributed by atoms with Gasteiger partial charge in [-0.1, -0.05) is 37.3 Å². The molecule has 11 heteroatoms. The van der Waals surface area contributed by atoms with Gasteiger partial charge in [0, 0.05) is 62.0 Å². The lowest BCUT2D eigenvalue weighted by atomic mass is 9.99. The number of amides is 1. The molecular formula is C35H42FN7O3. The van der Waals surface area contributed by atoms with Crippen molar-refractivity contribution in [1.29, 1.82) is 5.26 Å². The zero-order valence-corrected chi connectivity index (χ0v) is 26.7. The first-order valence-corrected chi connectivity index (χ1v) is 16.2. The second-order valence-electron chi connectivity index (χ2n) is 12.1. The minimum atomic E-state index is -0.706. The van der Waals surface area contributed by atoms with Crippen LogP contribution in [-0.2, 0) is 22.5 Å². The van der Waals surface area contributed by atoms with Crippen LogP contribution < -0.4 is 14.5 Å². The number of nitriles is 1. The molecule has 0 aliphatic carbocycles. The quantitative estimate of drug-likeness (QED) is 0.326. The van der Waals surface area contributed by atoms with Gasteiger partial charge in [0.2, 0.25) is 5.91 Å². The highest BCUT2D eigenvalue weighted by molar-refractivity contribution is 5.97. The molecule has 3 aliphatic heterocycles. The van der Waals surface area contributed by atoms with Gasteiger partial charge in [0.25, 0.3) is 0 Å². The van der Waals surface area contributed by atoms with Gasteiger partial charge in [-0.05, 0) is 43.0 Å². The lowest BCUT2D eigenvalue weighted by Crippen LogP contribution is -2.55. The van der Waals surface area contributed by atoms with Crippen LogP contribution in [0.3, 0.4) is 0 Å². The van der Waals surface area contributed by atoms with Crippen molar-refractivity contribution < 1.29 is 18.7 Å². The number of allylic oxidation sites excluding steroid dienone is 1. The van der Waals surface area contributed by atoms with Crippen molar-refractivity contribution in [3.05, 3.63) is 65.4 Å². The molecule has 0 radical (unpaired) electrons. The Kier molecular flexibility index (Phi) is 9.95. The molecule has 2 aromatic carbocycles. The van der Waals surface area contributed by atoms with E-state index in [1.54, 1.807) is 4.90 Å². The van der Waals surface area contributed by atoms with Crippen LogP contribution in [0.5, 0.6) is 6.01 Å². The van der Waals surface area contributed by atoms with Crippen molar-refractivity contribution in [2.75, 3.05) is 75.5 Å². The Balaban J connectivity index is 1.31. The summed E-state index contributed by atoms with van der Waals surface area (Å²) in [6.07, 6.45) is 3.31. The second-order valence-corrected chi connectivity index (χ2v) is 12.1. The summed E-state index contributed by atoms with van der Waals surface area (Å²) in [5.74, 6) is 0.517. The predicted octanol–water partition coefficient (Wildman–Crippen LogP) is 4.06. The van der Waals surface area contributed by atoms with Gasteiger partial charge in [-0.2, -0.15) is 15.2 Å². The molecule has 242 valence electrons. The molecule has 1 unspecified atom stereocenters. The zero-order valence-electron chi connectivity index (χ0n) is 26.7. The van der Waals surface area contributed by atoms with Gasteiger partial charge < -0.3 is 24.2 Å². The molecule has 0 N–H and O–H groups in total. The van der Waals surface area contributed by atoms with Crippen molar-refractivity contribution in [3.8, 4) is 12.1 Å². The molecule has 1 aromatic heterocycles. The average Bonchev–Trinajstić information content (AvgIpc) is 3.09. The van der Waals surface area contributed by atoms with Gasteiger partial charge in [-0.15, -0.1) is 0 Å². The van der Waals surface area contributed by atoms with E-state index in [0.717, 1.165) is 49.7 Å². The Labute approximate surface area is 270 Å². The Morgan fingerprint density at radius 3 is 2.78 bits per heavy atom. The molecule has 10 nitrogen and oxygen atoms in total. The van der Waals surface area contributed by atoms with E-state index >= 15 is 0 Å². The summed E-state index contributed by atoms with van der Waals surface area (Å²) >= 11 is 0. The molecule has 4 heterocycles. The molecule has 0 bridgehead atoms. The molecule has 46 heavy (non-hydrogen) atoms. The van der Waals surface area contributed by atoms with Crippen LogP contribution in [0.4, 0.5) is 15.9 Å². The first-order valence-electron chi connectivity index (χ1n) is 16.2. The van der Waals surface area contributed by atoms with Gasteiger partial charge >= 0.3 is 6.01 Å². The van der Waals surface area contributed by atoms with Crippen molar-refractivity contribution in [2.45, 2.75) is 45.4 Å². The standard InChI is InChI=1S/C35H42FN7O3/c1-3-40-19-20-45-28(22-40)24-46-35-38-30-23-41(31-10-5-9-26-8-4-7-25(2)33(26)31)16-13-29(30)34(39-35)42-17-18-43(27(21-42)12-15-37)32(44)11-6-14-36/h4-11,27-28H,3,12-14,16-24H2,1-2H3/b11-6+/t27-,28?/m0/s1. The van der Waals surface area contributed by atoms with Crippen LogP contribution in [0.1, 0.15) is 30.2 Å². The van der Waals surface area contributed by atoms with Crippen LogP contribution in [0.25, 0.3) is 10.8 Å². The highest BCUT2D eigenvalue weighted by Crippen LogP contribution is 2.36. The number of fused-ring (bicyclic) bond motifs is 2. The maximum atomic E-state index is 12.8. The fraction of sp³-hybridized carbons (Fsp3) is 0.486. The molecule has 6 rings (SSSR count). The Morgan fingerprint density at radius 2 is 1.98 bits per heavy atom. The molecule has 3 aromatic rings. The number of anilines is 2. The van der Waals surface area contributed by atoms with Crippen LogP contribution >= 0.6 is 0 Å². The number of piperazine rings is 1. The summed E-state index contributed by atoms with van der Waals surface area (Å²) in [4.78, 5) is 31.3. The largest absolute Gasteiger partial charge is 0.461 e. The molecule has 0 spiro atoms. The van der Waals surface area contributed by atoms with E-state index in [1.807, 2.05) is 0 Å². The number of aromatic nitrogens is 2. The maximum absolute atomic E-state index is 12.8. The number of halogens is 1. The highest BCUT2D eigenvalue weighted by atomic mass is 19.1. The Bertz CT molecular complexity index is 1620. The highest BCUT2D eigenvalue weighted by Gasteiger charge is 2.34. The van der Waals surface area contributed by atoms with Crippen molar-refractivity contribution in [1.82, 2.24) is 19.8 Å². The number of likely N-dealkylation sites (N-methyl/N-ethyl adjacent to an activating group) is 1. The average molecular weight is 628 g/mol. The third-order valence-electron chi connectivity index (χ3n) is 9.26. The van der Waals surface area contributed by atoms with E-state index in [4.69, 9.17) is 19.4 Å². The Morgan fingerprint density at radius 1 is 1.13 bits per heavy atom. The zero-order chi connectivity index (χ0) is 32.0. The van der Waals surface area contributed by atoms with Crippen molar-refractivity contribution in [2.24, 2.45) is 0 Å². The van der Waals surface area contributed by atoms with E-state index in [2.05, 4.69) is 71.0 Å². The van der Waals surface area contributed by atoms with E-state index in [-0.39, 0.29) is 24.5 Å². The number of rotatable bonds is 9. The smallest absolute Gasteiger partial charge is 0.318 e. The van der Waals surface area contributed by atoms with Crippen LogP contribution in [0.2, 0.25) is 0 Å². The number of benzene rings is 2. The van der Waals surface area contributed by atoms with Crippen molar-refractivity contribution >= 4 is 28.2 Å². The van der Waals surface area contributed by atoms with Crippen molar-refractivity contribution in [3.63, 3.8) is 0 Å². The SMILES string of the molecule is CCN1CCOC(COc2nc3c(c(N4CCN(C(=O)/C=C/CF)[C@@H](CC#N)C4)n2)CCN(c2cccc4cccc(C)c24)C3)C1. The minimum Gasteiger partial charge on any atom is -0.461 e. The monoisotopic (exact) mass is 627 g/mol. The number of hydrogen-bond acceptors (Lipinski definition) is 9. The lowest BCUT2D eigenvalue weighted by Gasteiger charge is -2.42. The third-order valence-corrected chi connectivity index (χ3v) is 9.26. The number of alkyl halides is 1. The molecule has 2 atom stereocenters. The number of aryl methyl sites for hydroxylation is 1. The van der Waals surface area contributed by atoms with Gasteiger partial charge in [-0.3, -0.25) is 9.69 Å². The van der Waals surface area contributed by atoms with Gasteiger partial charge in [0.05, 0.1) is 37.4 Å². The fourth-order valence-electron chi connectivity index (χ4n) is 6.88. The van der Waals surface area contributed by atoms with Gasteiger partial charge in [0.15, 0.2) is 0 Å². The molecule has 1 amide bonds. The number of carbonyl (C=O) groups excluding carboxylic acids is 1. The molecular weight excluding hydrogens is 585 g/mol. The van der Waals surface area contributed by atoms with Crippen LogP contribution in [-0.4, -0.2) is 104 Å². The lowest BCUT2D eigenvalue weighted by molar-refractivity contribution is -0.128. The fourth-order valence-corrected chi connectivity index (χ4v) is 6.88. The first kappa shape index (κ1) is 31.7. The van der Waals surface area contributed by atoms with E-state index in [0.29, 0.717) is 45.4 Å². The first-order chi connectivity index (χ1) is 22.5. The normalized spacial score (nSPS) is 20.6. The summed E-state index contributed by atoms with van der Waals surface area (Å²) in [7, 11) is 0. The summed E-state index contributed by atoms with van der Waals surface area (Å²) < 4.78 is 25.0. The number of ether oxygens (including phenoxy) is 2. The number of carbonyl (C=O) groups is 1. The van der Waals surface area contributed by atoms with Gasteiger partial charge in [0.1, 0.15) is 25.2 Å². The van der Waals surface area contributed by atoms with Gasteiger partial charge in [-0.25, -0.2) is 4.39 Å². The van der Waals surface area contributed by atoms with Crippen LogP contribution in [0, 0.1) is 18.3 Å². The molecule has 2 fully saturated rings. The molecule has 3 aliphatic rings. The van der Waals surface area contributed by atoms with Crippen LogP contribution in [0.15, 0.2) is 48.6 Å². The number of hydrogen-bond donors (Lipinski definition) is 0. The summed E-state index contributed by atoms with van der Waals surface area (Å²) in [6.45, 7) is 10.1. The predicted molar refractivity (Wildman–Crippen MR) is 176 cm³/mol. The maximum Gasteiger partial charge on any atom is 0.318 e. The summed E-state index contributed by atoms with van der Waals surface area (Å²) in [6, 6.07) is 15.0. The number of morpholine rings is 1. The molecule has 0 saturated carbocycles. The third kappa shape index (κ3) is 6.78. The minimum absolute atomic E-state index is 0.0705. The van der Waals surface area contributed by atoms with E-state index in [9.17, 15) is 14.4 Å².